The molecule has 1 fully saturated rings. The molecular formula is C19H21F2N3O3S. The monoisotopic (exact) mass is 409 g/mol. The first-order valence-corrected chi connectivity index (χ1v) is 10.5. The van der Waals surface area contributed by atoms with Gasteiger partial charge in [0.25, 0.3) is 10.0 Å². The number of carbonyl (C=O) groups excluding carboxylic acids is 1. The number of halogens is 2. The molecule has 0 bridgehead atoms. The molecule has 28 heavy (non-hydrogen) atoms. The Hall–Kier alpha value is -2.68. The number of carbonyl (C=O) groups is 1. The molecule has 0 aliphatic carbocycles. The Morgan fingerprint density at radius 2 is 1.50 bits per heavy atom. The Morgan fingerprint density at radius 3 is 2.14 bits per heavy atom. The van der Waals surface area contributed by atoms with Crippen LogP contribution in [0, 0.1) is 11.6 Å². The Bertz CT molecular complexity index is 941. The van der Waals surface area contributed by atoms with Crippen LogP contribution in [-0.4, -0.2) is 32.4 Å². The van der Waals surface area contributed by atoms with Crippen LogP contribution in [0.15, 0.2) is 47.4 Å². The standard InChI is InChI=1S/C19H21F2N3O3S/c20-16-6-5-7-17(18(16)21)28(26,27)23-15-10-8-14(9-11-15)22-19(25)24-12-3-1-2-4-13-24/h5-11,23H,1-4,12-13H2,(H,22,25). The van der Waals surface area contributed by atoms with E-state index >= 15 is 0 Å². The van der Waals surface area contributed by atoms with Gasteiger partial charge in [-0.3, -0.25) is 4.72 Å². The highest BCUT2D eigenvalue weighted by atomic mass is 32.2. The molecule has 0 spiro atoms. The van der Waals surface area contributed by atoms with Crippen molar-refractivity contribution in [3.05, 3.63) is 54.1 Å². The normalized spacial score (nSPS) is 15.0. The van der Waals surface area contributed by atoms with Crippen molar-refractivity contribution in [2.24, 2.45) is 0 Å². The van der Waals surface area contributed by atoms with Crippen molar-refractivity contribution in [1.29, 1.82) is 0 Å². The van der Waals surface area contributed by atoms with Gasteiger partial charge in [-0.2, -0.15) is 0 Å². The summed E-state index contributed by atoms with van der Waals surface area (Å²) in [7, 11) is -4.28. The predicted octanol–water partition coefficient (Wildman–Crippen LogP) is 4.17. The van der Waals surface area contributed by atoms with E-state index in [1.807, 2.05) is 0 Å². The molecule has 0 radical (unpaired) electrons. The van der Waals surface area contributed by atoms with E-state index in [1.54, 1.807) is 4.90 Å². The Kier molecular flexibility index (Phi) is 6.13. The summed E-state index contributed by atoms with van der Waals surface area (Å²) in [5.41, 5.74) is 0.672. The molecule has 0 saturated carbocycles. The summed E-state index contributed by atoms with van der Waals surface area (Å²) in [4.78, 5) is 13.3. The van der Waals surface area contributed by atoms with Crippen LogP contribution >= 0.6 is 0 Å². The number of amides is 2. The maximum absolute atomic E-state index is 13.8. The number of sulfonamides is 1. The van der Waals surface area contributed by atoms with E-state index < -0.39 is 26.6 Å². The smallest absolute Gasteiger partial charge is 0.321 e. The second-order valence-corrected chi connectivity index (χ2v) is 8.22. The lowest BCUT2D eigenvalue weighted by atomic mass is 10.2. The number of hydrogen-bond donors (Lipinski definition) is 2. The van der Waals surface area contributed by atoms with Crippen LogP contribution in [-0.2, 0) is 10.0 Å². The van der Waals surface area contributed by atoms with Crippen molar-refractivity contribution in [2.45, 2.75) is 30.6 Å². The zero-order valence-corrected chi connectivity index (χ0v) is 15.9. The maximum atomic E-state index is 13.8. The number of hydrogen-bond acceptors (Lipinski definition) is 3. The molecular weight excluding hydrogens is 388 g/mol. The molecule has 2 amide bonds. The molecule has 2 aromatic carbocycles. The van der Waals surface area contributed by atoms with Gasteiger partial charge in [0.2, 0.25) is 0 Å². The zero-order valence-electron chi connectivity index (χ0n) is 15.1. The minimum atomic E-state index is -4.28. The van der Waals surface area contributed by atoms with Crippen molar-refractivity contribution in [3.8, 4) is 0 Å². The van der Waals surface area contributed by atoms with Crippen LogP contribution in [0.4, 0.5) is 25.0 Å². The number of rotatable bonds is 4. The molecule has 1 aliphatic heterocycles. The number of urea groups is 1. The number of nitrogens with one attached hydrogen (secondary N) is 2. The molecule has 1 aliphatic rings. The number of nitrogens with zero attached hydrogens (tertiary/aromatic N) is 1. The van der Waals surface area contributed by atoms with Gasteiger partial charge in [0.05, 0.1) is 0 Å². The third kappa shape index (κ3) is 4.78. The van der Waals surface area contributed by atoms with Gasteiger partial charge in [-0.1, -0.05) is 18.9 Å². The van der Waals surface area contributed by atoms with Crippen molar-refractivity contribution in [3.63, 3.8) is 0 Å². The second kappa shape index (κ2) is 8.55. The van der Waals surface area contributed by atoms with Crippen LogP contribution in [0.1, 0.15) is 25.7 Å². The van der Waals surface area contributed by atoms with Crippen LogP contribution in [0.2, 0.25) is 0 Å². The summed E-state index contributed by atoms with van der Waals surface area (Å²) in [6, 6.07) is 8.70. The average Bonchev–Trinajstić information content (AvgIpc) is 2.95. The largest absolute Gasteiger partial charge is 0.325 e. The summed E-state index contributed by atoms with van der Waals surface area (Å²) in [5, 5.41) is 2.78. The van der Waals surface area contributed by atoms with Gasteiger partial charge < -0.3 is 10.2 Å². The van der Waals surface area contributed by atoms with E-state index in [1.165, 1.54) is 24.3 Å². The molecule has 6 nitrogen and oxygen atoms in total. The molecule has 1 heterocycles. The lowest BCUT2D eigenvalue weighted by molar-refractivity contribution is 0.214. The summed E-state index contributed by atoms with van der Waals surface area (Å²) < 4.78 is 53.8. The average molecular weight is 409 g/mol. The Labute approximate surface area is 162 Å². The van der Waals surface area contributed by atoms with Crippen molar-refractivity contribution >= 4 is 27.4 Å². The third-order valence-corrected chi connectivity index (χ3v) is 5.89. The summed E-state index contributed by atoms with van der Waals surface area (Å²) in [6.07, 6.45) is 4.19. The van der Waals surface area contributed by atoms with Crippen molar-refractivity contribution in [1.82, 2.24) is 4.90 Å². The van der Waals surface area contributed by atoms with E-state index in [0.29, 0.717) is 18.8 Å². The number of anilines is 2. The quantitative estimate of drug-likeness (QED) is 0.795. The molecule has 2 N–H and O–H groups in total. The Morgan fingerprint density at radius 1 is 0.893 bits per heavy atom. The highest BCUT2D eigenvalue weighted by molar-refractivity contribution is 7.92. The molecule has 0 atom stereocenters. The fourth-order valence-electron chi connectivity index (χ4n) is 3.00. The fraction of sp³-hybridized carbons (Fsp3) is 0.316. The van der Waals surface area contributed by atoms with Crippen molar-refractivity contribution in [2.75, 3.05) is 23.1 Å². The molecule has 9 heteroatoms. The molecule has 3 rings (SSSR count). The maximum Gasteiger partial charge on any atom is 0.321 e. The van der Waals surface area contributed by atoms with Crippen LogP contribution in [0.3, 0.4) is 0 Å². The molecule has 1 saturated heterocycles. The van der Waals surface area contributed by atoms with Gasteiger partial charge >= 0.3 is 6.03 Å². The van der Waals surface area contributed by atoms with Gasteiger partial charge in [0, 0.05) is 24.5 Å². The Balaban J connectivity index is 1.67. The molecule has 0 unspecified atom stereocenters. The SMILES string of the molecule is O=C(Nc1ccc(NS(=O)(=O)c2cccc(F)c2F)cc1)N1CCCCCC1. The first-order valence-electron chi connectivity index (χ1n) is 9.00. The van der Waals surface area contributed by atoms with Gasteiger partial charge in [-0.15, -0.1) is 0 Å². The molecule has 150 valence electrons. The first-order chi connectivity index (χ1) is 13.4. The van der Waals surface area contributed by atoms with Crippen LogP contribution < -0.4 is 10.0 Å². The van der Waals surface area contributed by atoms with E-state index in [4.69, 9.17) is 0 Å². The van der Waals surface area contributed by atoms with Crippen molar-refractivity contribution < 1.29 is 22.0 Å². The van der Waals surface area contributed by atoms with E-state index in [9.17, 15) is 22.0 Å². The second-order valence-electron chi connectivity index (χ2n) is 6.57. The molecule has 2 aromatic rings. The molecule has 0 aromatic heterocycles. The third-order valence-electron chi connectivity index (χ3n) is 4.49. The van der Waals surface area contributed by atoms with E-state index in [-0.39, 0.29) is 11.7 Å². The van der Waals surface area contributed by atoms with Gasteiger partial charge in [0.1, 0.15) is 4.90 Å². The summed E-state index contributed by atoms with van der Waals surface area (Å²) >= 11 is 0. The summed E-state index contributed by atoms with van der Waals surface area (Å²) in [5.74, 6) is -2.68. The van der Waals surface area contributed by atoms with Gasteiger partial charge in [-0.05, 0) is 49.2 Å². The highest BCUT2D eigenvalue weighted by Crippen LogP contribution is 2.22. The van der Waals surface area contributed by atoms with Crippen LogP contribution in [0.5, 0.6) is 0 Å². The number of likely N-dealkylation sites (tertiary alicyclic amines) is 1. The zero-order chi connectivity index (χ0) is 20.1. The lowest BCUT2D eigenvalue weighted by Crippen LogP contribution is -2.35. The number of benzene rings is 2. The van der Waals surface area contributed by atoms with E-state index in [0.717, 1.165) is 43.9 Å². The lowest BCUT2D eigenvalue weighted by Gasteiger charge is -2.20. The van der Waals surface area contributed by atoms with E-state index in [2.05, 4.69) is 10.0 Å². The first kappa shape index (κ1) is 20.1. The predicted molar refractivity (Wildman–Crippen MR) is 103 cm³/mol. The minimum Gasteiger partial charge on any atom is -0.325 e. The van der Waals surface area contributed by atoms with Gasteiger partial charge in [0.15, 0.2) is 11.6 Å². The highest BCUT2D eigenvalue weighted by Gasteiger charge is 2.21. The van der Waals surface area contributed by atoms with Crippen LogP contribution in [0.25, 0.3) is 0 Å². The topological polar surface area (TPSA) is 78.5 Å². The van der Waals surface area contributed by atoms with Gasteiger partial charge in [-0.25, -0.2) is 22.0 Å². The minimum absolute atomic E-state index is 0.163. The summed E-state index contributed by atoms with van der Waals surface area (Å²) in [6.45, 7) is 1.42. The fourth-order valence-corrected chi connectivity index (χ4v) is 4.15.